The van der Waals surface area contributed by atoms with Crippen molar-refractivity contribution in [2.75, 3.05) is 13.2 Å². The molecule has 0 amide bonds. The number of ether oxygens (including phenoxy) is 3. The molecule has 1 heterocycles. The van der Waals surface area contributed by atoms with Crippen LogP contribution in [0.2, 0.25) is 0 Å². The lowest BCUT2D eigenvalue weighted by Gasteiger charge is -2.34. The first kappa shape index (κ1) is 18.4. The van der Waals surface area contributed by atoms with Crippen LogP contribution in [0, 0.1) is 11.7 Å². The van der Waals surface area contributed by atoms with Crippen molar-refractivity contribution >= 4 is 5.97 Å². The van der Waals surface area contributed by atoms with E-state index in [0.29, 0.717) is 30.9 Å². The summed E-state index contributed by atoms with van der Waals surface area (Å²) in [6, 6.07) is 14.1. The fourth-order valence-electron chi connectivity index (χ4n) is 2.72. The average molecular weight is 360 g/mol. The number of benzene rings is 2. The molecule has 1 aliphatic heterocycles. The molecule has 2 aromatic carbocycles. The summed E-state index contributed by atoms with van der Waals surface area (Å²) in [6.07, 6.45) is 0.712. The SMILES string of the molecule is CC1(C(=O)O)OCC(Cc2ccc(OCc3ccccc3F)cc2)CO1. The molecule has 5 nitrogen and oxygen atoms in total. The van der Waals surface area contributed by atoms with Crippen molar-refractivity contribution in [1.29, 1.82) is 0 Å². The number of carboxylic acids is 1. The van der Waals surface area contributed by atoms with Crippen molar-refractivity contribution in [1.82, 2.24) is 0 Å². The maximum atomic E-state index is 13.6. The van der Waals surface area contributed by atoms with Crippen LogP contribution in [0.3, 0.4) is 0 Å². The van der Waals surface area contributed by atoms with Gasteiger partial charge in [-0.25, -0.2) is 9.18 Å². The van der Waals surface area contributed by atoms with E-state index in [1.807, 2.05) is 24.3 Å². The number of halogens is 1. The van der Waals surface area contributed by atoms with Crippen molar-refractivity contribution in [3.8, 4) is 5.75 Å². The Bertz CT molecular complexity index is 751. The zero-order chi connectivity index (χ0) is 18.6. The number of hydrogen-bond donors (Lipinski definition) is 1. The van der Waals surface area contributed by atoms with Crippen LogP contribution in [0.4, 0.5) is 4.39 Å². The summed E-state index contributed by atoms with van der Waals surface area (Å²) in [5.41, 5.74) is 1.58. The molecular formula is C20H21FO5. The summed E-state index contributed by atoms with van der Waals surface area (Å²) in [4.78, 5) is 11.1. The third-order valence-electron chi connectivity index (χ3n) is 4.38. The van der Waals surface area contributed by atoms with Crippen LogP contribution in [-0.4, -0.2) is 30.1 Å². The standard InChI is InChI=1S/C20H21FO5/c1-20(19(22)23)25-11-15(12-26-20)10-14-6-8-17(9-7-14)24-13-16-4-2-3-5-18(16)21/h2-9,15H,10-13H2,1H3,(H,22,23). The molecule has 0 radical (unpaired) electrons. The molecule has 1 aliphatic rings. The van der Waals surface area contributed by atoms with Gasteiger partial charge in [0, 0.05) is 18.4 Å². The van der Waals surface area contributed by atoms with E-state index in [1.165, 1.54) is 13.0 Å². The lowest BCUT2D eigenvalue weighted by atomic mass is 9.99. The summed E-state index contributed by atoms with van der Waals surface area (Å²) in [7, 11) is 0. The van der Waals surface area contributed by atoms with Crippen molar-refractivity contribution in [3.63, 3.8) is 0 Å². The van der Waals surface area contributed by atoms with Crippen molar-refractivity contribution < 1.29 is 28.5 Å². The van der Waals surface area contributed by atoms with Gasteiger partial charge in [0.05, 0.1) is 13.2 Å². The van der Waals surface area contributed by atoms with Crippen LogP contribution in [0.15, 0.2) is 48.5 Å². The van der Waals surface area contributed by atoms with E-state index in [-0.39, 0.29) is 18.3 Å². The van der Waals surface area contributed by atoms with E-state index in [0.717, 1.165) is 5.56 Å². The predicted octanol–water partition coefficient (Wildman–Crippen LogP) is 3.41. The lowest BCUT2D eigenvalue weighted by molar-refractivity contribution is -0.270. The van der Waals surface area contributed by atoms with E-state index in [1.54, 1.807) is 18.2 Å². The van der Waals surface area contributed by atoms with Crippen LogP contribution >= 0.6 is 0 Å². The Balaban J connectivity index is 1.51. The monoisotopic (exact) mass is 360 g/mol. The highest BCUT2D eigenvalue weighted by molar-refractivity contribution is 5.75. The molecule has 138 valence electrons. The molecule has 0 spiro atoms. The second-order valence-corrected chi connectivity index (χ2v) is 6.47. The van der Waals surface area contributed by atoms with Gasteiger partial charge in [-0.15, -0.1) is 0 Å². The number of aliphatic carboxylic acids is 1. The molecule has 3 rings (SSSR count). The molecule has 0 aliphatic carbocycles. The fraction of sp³-hybridized carbons (Fsp3) is 0.350. The van der Waals surface area contributed by atoms with Gasteiger partial charge in [0.2, 0.25) is 0 Å². The second kappa shape index (κ2) is 7.85. The van der Waals surface area contributed by atoms with Crippen molar-refractivity contribution in [3.05, 3.63) is 65.5 Å². The normalized spacial score (nSPS) is 22.8. The van der Waals surface area contributed by atoms with Gasteiger partial charge in [-0.3, -0.25) is 0 Å². The van der Waals surface area contributed by atoms with Gasteiger partial charge in [0.25, 0.3) is 5.79 Å². The summed E-state index contributed by atoms with van der Waals surface area (Å²) in [6.45, 7) is 2.24. The molecule has 2 aromatic rings. The summed E-state index contributed by atoms with van der Waals surface area (Å²) < 4.78 is 29.9. The van der Waals surface area contributed by atoms with Crippen LogP contribution in [0.5, 0.6) is 5.75 Å². The minimum atomic E-state index is -1.55. The molecule has 0 unspecified atom stereocenters. The molecule has 6 heteroatoms. The third kappa shape index (κ3) is 4.39. The minimum absolute atomic E-state index is 0.0904. The highest BCUT2D eigenvalue weighted by Crippen LogP contribution is 2.25. The highest BCUT2D eigenvalue weighted by Gasteiger charge is 2.40. The molecule has 1 N–H and O–H groups in total. The van der Waals surface area contributed by atoms with Crippen LogP contribution in [-0.2, 0) is 27.3 Å². The third-order valence-corrected chi connectivity index (χ3v) is 4.38. The van der Waals surface area contributed by atoms with Crippen molar-refractivity contribution in [2.24, 2.45) is 5.92 Å². The van der Waals surface area contributed by atoms with Gasteiger partial charge >= 0.3 is 5.97 Å². The van der Waals surface area contributed by atoms with Gasteiger partial charge < -0.3 is 19.3 Å². The van der Waals surface area contributed by atoms with Gasteiger partial charge in [-0.2, -0.15) is 0 Å². The van der Waals surface area contributed by atoms with E-state index in [9.17, 15) is 9.18 Å². The predicted molar refractivity (Wildman–Crippen MR) is 92.3 cm³/mol. The first-order valence-electron chi connectivity index (χ1n) is 8.43. The Morgan fingerprint density at radius 3 is 2.46 bits per heavy atom. The second-order valence-electron chi connectivity index (χ2n) is 6.47. The van der Waals surface area contributed by atoms with Gasteiger partial charge in [-0.05, 0) is 30.2 Å². The molecule has 1 saturated heterocycles. The highest BCUT2D eigenvalue weighted by atomic mass is 19.1. The number of rotatable bonds is 6. The zero-order valence-corrected chi connectivity index (χ0v) is 14.5. The Morgan fingerprint density at radius 2 is 1.85 bits per heavy atom. The van der Waals surface area contributed by atoms with Crippen molar-refractivity contribution in [2.45, 2.75) is 25.7 Å². The van der Waals surface area contributed by atoms with E-state index < -0.39 is 11.8 Å². The molecule has 26 heavy (non-hydrogen) atoms. The maximum absolute atomic E-state index is 13.6. The summed E-state index contributed by atoms with van der Waals surface area (Å²) in [5, 5.41) is 9.07. The van der Waals surface area contributed by atoms with Crippen LogP contribution < -0.4 is 4.74 Å². The topological polar surface area (TPSA) is 65.0 Å². The number of hydrogen-bond acceptors (Lipinski definition) is 4. The zero-order valence-electron chi connectivity index (χ0n) is 14.5. The molecule has 0 bridgehead atoms. The van der Waals surface area contributed by atoms with Crippen LogP contribution in [0.25, 0.3) is 0 Å². The number of carboxylic acid groups (broad SMARTS) is 1. The van der Waals surface area contributed by atoms with Gasteiger partial charge in [0.15, 0.2) is 0 Å². The fourth-order valence-corrected chi connectivity index (χ4v) is 2.72. The molecule has 0 aromatic heterocycles. The van der Waals surface area contributed by atoms with E-state index in [4.69, 9.17) is 19.3 Å². The average Bonchev–Trinajstić information content (AvgIpc) is 2.64. The van der Waals surface area contributed by atoms with E-state index in [2.05, 4.69) is 0 Å². The lowest BCUT2D eigenvalue weighted by Crippen LogP contribution is -2.48. The quantitative estimate of drug-likeness (QED) is 0.855. The minimum Gasteiger partial charge on any atom is -0.489 e. The van der Waals surface area contributed by atoms with Crippen LogP contribution in [0.1, 0.15) is 18.1 Å². The van der Waals surface area contributed by atoms with Gasteiger partial charge in [-0.1, -0.05) is 30.3 Å². The first-order chi connectivity index (χ1) is 12.5. The molecule has 1 fully saturated rings. The molecule has 0 atom stereocenters. The summed E-state index contributed by atoms with van der Waals surface area (Å²) >= 11 is 0. The van der Waals surface area contributed by atoms with Gasteiger partial charge in [0.1, 0.15) is 18.2 Å². The van der Waals surface area contributed by atoms with E-state index >= 15 is 0 Å². The maximum Gasteiger partial charge on any atom is 0.364 e. The Kier molecular flexibility index (Phi) is 5.54. The first-order valence-corrected chi connectivity index (χ1v) is 8.43. The largest absolute Gasteiger partial charge is 0.489 e. The Morgan fingerprint density at radius 1 is 1.19 bits per heavy atom. The Hall–Kier alpha value is -2.44. The Labute approximate surface area is 151 Å². The smallest absolute Gasteiger partial charge is 0.364 e. The molecule has 0 saturated carbocycles. The summed E-state index contributed by atoms with van der Waals surface area (Å²) in [5.74, 6) is -2.21. The molecular weight excluding hydrogens is 339 g/mol. The number of carbonyl (C=O) groups is 1.